The van der Waals surface area contributed by atoms with Gasteiger partial charge in [-0.15, -0.1) is 0 Å². The van der Waals surface area contributed by atoms with E-state index in [0.717, 1.165) is 0 Å². The SMILES string of the molecule is N#Cc1cc(N2CCC(C(=O)O)C2)ccc1[N+](=O)[O-]. The van der Waals surface area contributed by atoms with Crippen molar-refractivity contribution >= 4 is 17.3 Å². The van der Waals surface area contributed by atoms with Crippen LogP contribution in [0.3, 0.4) is 0 Å². The van der Waals surface area contributed by atoms with Gasteiger partial charge in [-0.25, -0.2) is 0 Å². The van der Waals surface area contributed by atoms with Crippen LogP contribution in [0.25, 0.3) is 0 Å². The summed E-state index contributed by atoms with van der Waals surface area (Å²) in [5.41, 5.74) is 0.396. The molecule has 7 heteroatoms. The lowest BCUT2D eigenvalue weighted by atomic mass is 10.1. The summed E-state index contributed by atoms with van der Waals surface area (Å²) in [6, 6.07) is 6.05. The number of carboxylic acids is 1. The number of carboxylic acid groups (broad SMARTS) is 1. The third-order valence-corrected chi connectivity index (χ3v) is 3.20. The normalized spacial score (nSPS) is 18.1. The Balaban J connectivity index is 2.26. The molecule has 1 saturated heterocycles. The van der Waals surface area contributed by atoms with Crippen molar-refractivity contribution in [2.24, 2.45) is 5.92 Å². The number of nitro benzene ring substituents is 1. The molecule has 0 aromatic heterocycles. The second-order valence-electron chi connectivity index (χ2n) is 4.34. The topological polar surface area (TPSA) is 107 Å². The van der Waals surface area contributed by atoms with Crippen molar-refractivity contribution in [3.8, 4) is 6.07 Å². The first-order valence-electron chi connectivity index (χ1n) is 5.69. The monoisotopic (exact) mass is 261 g/mol. The number of hydrogen-bond acceptors (Lipinski definition) is 5. The molecule has 0 bridgehead atoms. The van der Waals surface area contributed by atoms with Gasteiger partial charge in [0.25, 0.3) is 5.69 Å². The highest BCUT2D eigenvalue weighted by molar-refractivity contribution is 5.72. The van der Waals surface area contributed by atoms with E-state index in [1.165, 1.54) is 12.1 Å². The highest BCUT2D eigenvalue weighted by Gasteiger charge is 2.28. The number of anilines is 1. The van der Waals surface area contributed by atoms with Crippen molar-refractivity contribution in [2.75, 3.05) is 18.0 Å². The van der Waals surface area contributed by atoms with E-state index < -0.39 is 16.8 Å². The maximum atomic E-state index is 10.9. The summed E-state index contributed by atoms with van der Waals surface area (Å²) in [6.07, 6.45) is 0.536. The van der Waals surface area contributed by atoms with Gasteiger partial charge in [-0.1, -0.05) is 0 Å². The fourth-order valence-corrected chi connectivity index (χ4v) is 2.17. The minimum absolute atomic E-state index is 0.0127. The predicted octanol–water partition coefficient (Wildman–Crippen LogP) is 1.38. The van der Waals surface area contributed by atoms with E-state index in [4.69, 9.17) is 10.4 Å². The van der Waals surface area contributed by atoms with Gasteiger partial charge in [0.2, 0.25) is 0 Å². The van der Waals surface area contributed by atoms with Crippen LogP contribution in [0.2, 0.25) is 0 Å². The van der Waals surface area contributed by atoms with E-state index in [-0.39, 0.29) is 11.3 Å². The summed E-state index contributed by atoms with van der Waals surface area (Å²) in [4.78, 5) is 22.8. The molecule has 1 N–H and O–H groups in total. The fourth-order valence-electron chi connectivity index (χ4n) is 2.17. The average molecular weight is 261 g/mol. The number of carbonyl (C=O) groups is 1. The van der Waals surface area contributed by atoms with Crippen LogP contribution < -0.4 is 4.90 Å². The fraction of sp³-hybridized carbons (Fsp3) is 0.333. The minimum Gasteiger partial charge on any atom is -0.481 e. The first-order chi connectivity index (χ1) is 9.02. The lowest BCUT2D eigenvalue weighted by Gasteiger charge is -2.18. The number of hydrogen-bond donors (Lipinski definition) is 1. The van der Waals surface area contributed by atoms with Crippen LogP contribution in [0.15, 0.2) is 18.2 Å². The van der Waals surface area contributed by atoms with Gasteiger partial charge in [-0.05, 0) is 18.6 Å². The van der Waals surface area contributed by atoms with Crippen molar-refractivity contribution in [1.82, 2.24) is 0 Å². The summed E-state index contributed by atoms with van der Waals surface area (Å²) in [5, 5.41) is 28.6. The molecule has 0 amide bonds. The summed E-state index contributed by atoms with van der Waals surface area (Å²) < 4.78 is 0. The van der Waals surface area contributed by atoms with Gasteiger partial charge in [0, 0.05) is 24.8 Å². The molecule has 0 aliphatic carbocycles. The van der Waals surface area contributed by atoms with E-state index in [2.05, 4.69) is 0 Å². The third-order valence-electron chi connectivity index (χ3n) is 3.20. The van der Waals surface area contributed by atoms with E-state index in [9.17, 15) is 14.9 Å². The number of rotatable bonds is 3. The van der Waals surface area contributed by atoms with Crippen LogP contribution in [-0.4, -0.2) is 29.1 Å². The molecule has 1 fully saturated rings. The molecule has 1 aromatic carbocycles. The van der Waals surface area contributed by atoms with Gasteiger partial charge < -0.3 is 10.0 Å². The predicted molar refractivity (Wildman–Crippen MR) is 65.8 cm³/mol. The Hall–Kier alpha value is -2.62. The maximum absolute atomic E-state index is 10.9. The van der Waals surface area contributed by atoms with E-state index in [0.29, 0.717) is 25.2 Å². The van der Waals surface area contributed by atoms with Crippen LogP contribution in [0.5, 0.6) is 0 Å². The zero-order valence-electron chi connectivity index (χ0n) is 9.94. The first-order valence-corrected chi connectivity index (χ1v) is 5.69. The summed E-state index contributed by atoms with van der Waals surface area (Å²) in [7, 11) is 0. The van der Waals surface area contributed by atoms with Crippen molar-refractivity contribution in [3.05, 3.63) is 33.9 Å². The molecule has 1 heterocycles. The van der Waals surface area contributed by atoms with E-state index >= 15 is 0 Å². The number of nitro groups is 1. The largest absolute Gasteiger partial charge is 0.481 e. The quantitative estimate of drug-likeness (QED) is 0.650. The second kappa shape index (κ2) is 4.94. The standard InChI is InChI=1S/C12H11N3O4/c13-6-9-5-10(1-2-11(9)15(18)19)14-4-3-8(7-14)12(16)17/h1-2,5,8H,3-4,7H2,(H,16,17). The Bertz CT molecular complexity index is 579. The van der Waals surface area contributed by atoms with Gasteiger partial charge in [0.05, 0.1) is 10.8 Å². The van der Waals surface area contributed by atoms with Crippen molar-refractivity contribution < 1.29 is 14.8 Å². The van der Waals surface area contributed by atoms with Crippen LogP contribution in [0.1, 0.15) is 12.0 Å². The Morgan fingerprint density at radius 2 is 2.32 bits per heavy atom. The molecule has 0 saturated carbocycles. The molecule has 98 valence electrons. The number of aliphatic carboxylic acids is 1. The Kier molecular flexibility index (Phi) is 3.33. The van der Waals surface area contributed by atoms with Crippen LogP contribution in [0, 0.1) is 27.4 Å². The molecule has 7 nitrogen and oxygen atoms in total. The zero-order chi connectivity index (χ0) is 14.0. The van der Waals surface area contributed by atoms with Crippen molar-refractivity contribution in [3.63, 3.8) is 0 Å². The van der Waals surface area contributed by atoms with Crippen molar-refractivity contribution in [1.29, 1.82) is 5.26 Å². The molecule has 1 aliphatic rings. The minimum atomic E-state index is -0.843. The van der Waals surface area contributed by atoms with Gasteiger partial charge in [-0.3, -0.25) is 14.9 Å². The Morgan fingerprint density at radius 3 is 2.84 bits per heavy atom. The highest BCUT2D eigenvalue weighted by atomic mass is 16.6. The number of nitriles is 1. The third kappa shape index (κ3) is 2.47. The van der Waals surface area contributed by atoms with Crippen molar-refractivity contribution in [2.45, 2.75) is 6.42 Å². The molecular formula is C12H11N3O4. The lowest BCUT2D eigenvalue weighted by molar-refractivity contribution is -0.385. The summed E-state index contributed by atoms with van der Waals surface area (Å²) in [6.45, 7) is 0.928. The second-order valence-corrected chi connectivity index (χ2v) is 4.34. The molecule has 0 spiro atoms. The van der Waals surface area contributed by atoms with Gasteiger partial charge >= 0.3 is 5.97 Å². The number of nitrogens with zero attached hydrogens (tertiary/aromatic N) is 3. The molecule has 1 atom stereocenters. The number of benzene rings is 1. The van der Waals surface area contributed by atoms with Gasteiger partial charge in [0.1, 0.15) is 11.6 Å². The lowest BCUT2D eigenvalue weighted by Crippen LogP contribution is -2.22. The Morgan fingerprint density at radius 1 is 1.58 bits per heavy atom. The molecule has 1 aromatic rings. The van der Waals surface area contributed by atoms with Gasteiger partial charge in [-0.2, -0.15) is 5.26 Å². The molecule has 2 rings (SSSR count). The average Bonchev–Trinajstić information content (AvgIpc) is 2.87. The summed E-state index contributed by atoms with van der Waals surface area (Å²) >= 11 is 0. The zero-order valence-corrected chi connectivity index (χ0v) is 9.94. The van der Waals surface area contributed by atoms with Crippen LogP contribution in [0.4, 0.5) is 11.4 Å². The van der Waals surface area contributed by atoms with E-state index in [1.54, 1.807) is 12.1 Å². The van der Waals surface area contributed by atoms with Crippen LogP contribution in [-0.2, 0) is 4.79 Å². The highest BCUT2D eigenvalue weighted by Crippen LogP contribution is 2.28. The van der Waals surface area contributed by atoms with Crippen LogP contribution >= 0.6 is 0 Å². The van der Waals surface area contributed by atoms with Gasteiger partial charge in [0.15, 0.2) is 0 Å². The molecule has 1 aliphatic heterocycles. The Labute approximate surface area is 108 Å². The smallest absolute Gasteiger partial charge is 0.308 e. The molecular weight excluding hydrogens is 250 g/mol. The molecule has 1 unspecified atom stereocenters. The van der Waals surface area contributed by atoms with E-state index in [1.807, 2.05) is 4.90 Å². The first kappa shape index (κ1) is 12.8. The summed E-state index contributed by atoms with van der Waals surface area (Å²) in [5.74, 6) is -1.27. The molecule has 0 radical (unpaired) electrons. The molecule has 19 heavy (non-hydrogen) atoms. The maximum Gasteiger partial charge on any atom is 0.308 e.